The number of hydrogen-bond acceptors (Lipinski definition) is 6. The Balaban J connectivity index is 1.46. The highest BCUT2D eigenvalue weighted by Gasteiger charge is 2.38. The molecule has 2 aliphatic rings. The van der Waals surface area contributed by atoms with Gasteiger partial charge < -0.3 is 4.42 Å². The minimum Gasteiger partial charge on any atom is -0.416 e. The molecule has 1 atom stereocenters. The van der Waals surface area contributed by atoms with E-state index >= 15 is 0 Å². The van der Waals surface area contributed by atoms with Crippen molar-refractivity contribution in [3.63, 3.8) is 0 Å². The molecule has 7 nitrogen and oxygen atoms in total. The molecule has 10 heteroatoms. The number of likely N-dealkylation sites (tertiary alicyclic amines) is 1. The summed E-state index contributed by atoms with van der Waals surface area (Å²) in [5.74, 6) is -0.963. The van der Waals surface area contributed by atoms with Gasteiger partial charge in [-0.2, -0.15) is 18.3 Å². The number of aromatic nitrogens is 4. The van der Waals surface area contributed by atoms with E-state index in [0.29, 0.717) is 19.0 Å². The molecule has 0 radical (unpaired) electrons. The van der Waals surface area contributed by atoms with Gasteiger partial charge in [-0.05, 0) is 38.3 Å². The van der Waals surface area contributed by atoms with Crippen LogP contribution in [-0.4, -0.2) is 37.5 Å². The van der Waals surface area contributed by atoms with E-state index in [0.717, 1.165) is 31.4 Å². The second-order valence-electron chi connectivity index (χ2n) is 6.82. The number of halogens is 3. The van der Waals surface area contributed by atoms with Gasteiger partial charge in [0.25, 0.3) is 5.56 Å². The van der Waals surface area contributed by atoms with Gasteiger partial charge >= 0.3 is 12.1 Å². The summed E-state index contributed by atoms with van der Waals surface area (Å²) in [6.45, 7) is 1.23. The summed E-state index contributed by atoms with van der Waals surface area (Å²) >= 11 is 0. The zero-order chi connectivity index (χ0) is 18.3. The summed E-state index contributed by atoms with van der Waals surface area (Å²) in [6.07, 6.45) is -0.723. The third-order valence-corrected chi connectivity index (χ3v) is 4.81. The molecule has 4 rings (SSSR count). The van der Waals surface area contributed by atoms with Crippen molar-refractivity contribution in [1.82, 2.24) is 24.9 Å². The predicted molar refractivity (Wildman–Crippen MR) is 83.2 cm³/mol. The van der Waals surface area contributed by atoms with Crippen LogP contribution in [0.1, 0.15) is 49.1 Å². The van der Waals surface area contributed by atoms with Crippen molar-refractivity contribution >= 4 is 0 Å². The Kier molecular flexibility index (Phi) is 4.29. The maximum absolute atomic E-state index is 12.6. The average molecular weight is 369 g/mol. The lowest BCUT2D eigenvalue weighted by atomic mass is 10.2. The maximum Gasteiger partial charge on any atom is 0.470 e. The van der Waals surface area contributed by atoms with Crippen LogP contribution < -0.4 is 5.56 Å². The average Bonchev–Trinajstić information content (AvgIpc) is 3.16. The summed E-state index contributed by atoms with van der Waals surface area (Å²) in [5, 5.41) is 11.0. The van der Waals surface area contributed by atoms with Crippen LogP contribution in [0, 0.1) is 0 Å². The standard InChI is InChI=1S/C16H18F3N5O2/c17-16(18,19)15-21-20-13(26-15)9-23-7-1-2-11(23)8-24-14(25)6-5-12(22-24)10-3-4-10/h5-6,10-11H,1-4,7-9H2. The molecule has 1 aliphatic heterocycles. The molecule has 0 spiro atoms. The number of rotatable bonds is 5. The molecule has 0 N–H and O–H groups in total. The Hall–Kier alpha value is -2.23. The second kappa shape index (κ2) is 6.49. The molecular formula is C16H18F3N5O2. The third-order valence-electron chi connectivity index (χ3n) is 4.81. The quantitative estimate of drug-likeness (QED) is 0.804. The highest BCUT2D eigenvalue weighted by atomic mass is 19.4. The lowest BCUT2D eigenvalue weighted by Crippen LogP contribution is -2.37. The molecule has 1 unspecified atom stereocenters. The first-order chi connectivity index (χ1) is 12.4. The minimum atomic E-state index is -4.64. The van der Waals surface area contributed by atoms with Crippen molar-refractivity contribution in [1.29, 1.82) is 0 Å². The molecule has 3 heterocycles. The van der Waals surface area contributed by atoms with Gasteiger partial charge in [0.1, 0.15) is 0 Å². The first-order valence-electron chi connectivity index (χ1n) is 8.62. The summed E-state index contributed by atoms with van der Waals surface area (Å²) in [5.41, 5.74) is 0.763. The highest BCUT2D eigenvalue weighted by Crippen LogP contribution is 2.38. The summed E-state index contributed by atoms with van der Waals surface area (Å²) < 4.78 is 43.9. The fourth-order valence-corrected chi connectivity index (χ4v) is 3.31. The van der Waals surface area contributed by atoms with Gasteiger partial charge in [-0.25, -0.2) is 4.68 Å². The van der Waals surface area contributed by atoms with Crippen LogP contribution in [0.3, 0.4) is 0 Å². The molecule has 26 heavy (non-hydrogen) atoms. The van der Waals surface area contributed by atoms with E-state index in [1.165, 1.54) is 10.7 Å². The number of nitrogens with zero attached hydrogens (tertiary/aromatic N) is 5. The Morgan fingerprint density at radius 1 is 1.19 bits per heavy atom. The van der Waals surface area contributed by atoms with Crippen molar-refractivity contribution in [3.05, 3.63) is 40.0 Å². The SMILES string of the molecule is O=c1ccc(C2CC2)nn1CC1CCCN1Cc1nnc(C(F)(F)F)o1. The van der Waals surface area contributed by atoms with Crippen molar-refractivity contribution in [2.45, 2.75) is 56.9 Å². The smallest absolute Gasteiger partial charge is 0.416 e. The van der Waals surface area contributed by atoms with Crippen LogP contribution >= 0.6 is 0 Å². The Morgan fingerprint density at radius 2 is 2.00 bits per heavy atom. The second-order valence-corrected chi connectivity index (χ2v) is 6.82. The summed E-state index contributed by atoms with van der Waals surface area (Å²) in [6, 6.07) is 3.31. The first-order valence-corrected chi connectivity index (χ1v) is 8.62. The Bertz CT molecular complexity index is 843. The van der Waals surface area contributed by atoms with E-state index in [1.807, 2.05) is 4.90 Å². The van der Waals surface area contributed by atoms with Gasteiger partial charge in [-0.15, -0.1) is 10.2 Å². The Morgan fingerprint density at radius 3 is 2.69 bits per heavy atom. The van der Waals surface area contributed by atoms with Crippen LogP contribution in [0.5, 0.6) is 0 Å². The van der Waals surface area contributed by atoms with E-state index in [2.05, 4.69) is 15.3 Å². The van der Waals surface area contributed by atoms with Gasteiger partial charge in [0.15, 0.2) is 0 Å². The monoisotopic (exact) mass is 369 g/mol. The van der Waals surface area contributed by atoms with Gasteiger partial charge in [0, 0.05) is 18.0 Å². The topological polar surface area (TPSA) is 77.1 Å². The molecule has 1 saturated heterocycles. The van der Waals surface area contributed by atoms with E-state index in [9.17, 15) is 18.0 Å². The normalized spacial score (nSPS) is 21.4. The molecular weight excluding hydrogens is 351 g/mol. The predicted octanol–water partition coefficient (Wildman–Crippen LogP) is 2.19. The molecule has 2 aromatic heterocycles. The highest BCUT2D eigenvalue weighted by molar-refractivity contribution is 5.12. The zero-order valence-corrected chi connectivity index (χ0v) is 13.9. The van der Waals surface area contributed by atoms with Gasteiger partial charge in [-0.1, -0.05) is 0 Å². The van der Waals surface area contributed by atoms with Crippen LogP contribution in [0.15, 0.2) is 21.3 Å². The van der Waals surface area contributed by atoms with Crippen LogP contribution in [0.25, 0.3) is 0 Å². The molecule has 0 aromatic carbocycles. The van der Waals surface area contributed by atoms with Crippen molar-refractivity contribution in [2.24, 2.45) is 0 Å². The van der Waals surface area contributed by atoms with E-state index in [4.69, 9.17) is 4.42 Å². The van der Waals surface area contributed by atoms with E-state index in [1.54, 1.807) is 6.07 Å². The van der Waals surface area contributed by atoms with Crippen LogP contribution in [0.4, 0.5) is 13.2 Å². The molecule has 140 valence electrons. The van der Waals surface area contributed by atoms with Gasteiger partial charge in [0.05, 0.1) is 18.8 Å². The largest absolute Gasteiger partial charge is 0.470 e. The van der Waals surface area contributed by atoms with Crippen LogP contribution in [-0.2, 0) is 19.3 Å². The fourth-order valence-electron chi connectivity index (χ4n) is 3.31. The molecule has 2 aromatic rings. The summed E-state index contributed by atoms with van der Waals surface area (Å²) in [4.78, 5) is 14.1. The van der Waals surface area contributed by atoms with Crippen molar-refractivity contribution in [3.8, 4) is 0 Å². The third kappa shape index (κ3) is 3.64. The van der Waals surface area contributed by atoms with Crippen LogP contribution in [0.2, 0.25) is 0 Å². The molecule has 0 amide bonds. The van der Waals surface area contributed by atoms with Crippen molar-refractivity contribution in [2.75, 3.05) is 6.54 Å². The first kappa shape index (κ1) is 17.2. The minimum absolute atomic E-state index is 0.00381. The lowest BCUT2D eigenvalue weighted by molar-refractivity contribution is -0.157. The zero-order valence-electron chi connectivity index (χ0n) is 13.9. The molecule has 1 aliphatic carbocycles. The van der Waals surface area contributed by atoms with Gasteiger partial charge in [0.2, 0.25) is 5.89 Å². The fraction of sp³-hybridized carbons (Fsp3) is 0.625. The molecule has 0 bridgehead atoms. The van der Waals surface area contributed by atoms with Crippen molar-refractivity contribution < 1.29 is 17.6 Å². The number of hydrogen-bond donors (Lipinski definition) is 0. The number of alkyl halides is 3. The maximum atomic E-state index is 12.6. The van der Waals surface area contributed by atoms with E-state index in [-0.39, 0.29) is 24.0 Å². The lowest BCUT2D eigenvalue weighted by Gasteiger charge is -2.23. The molecule has 2 fully saturated rings. The Labute approximate surface area is 146 Å². The van der Waals surface area contributed by atoms with E-state index < -0.39 is 12.1 Å². The molecule has 1 saturated carbocycles. The van der Waals surface area contributed by atoms with Gasteiger partial charge in [-0.3, -0.25) is 9.69 Å². The summed E-state index contributed by atoms with van der Waals surface area (Å²) in [7, 11) is 0.